The predicted octanol–water partition coefficient (Wildman–Crippen LogP) is 1.19. The van der Waals surface area contributed by atoms with E-state index in [4.69, 9.17) is 9.47 Å². The van der Waals surface area contributed by atoms with Crippen LogP contribution in [0.5, 0.6) is 5.75 Å². The van der Waals surface area contributed by atoms with Gasteiger partial charge in [-0.3, -0.25) is 0 Å². The van der Waals surface area contributed by atoms with E-state index in [2.05, 4.69) is 9.99 Å². The molecule has 1 saturated heterocycles. The lowest BCUT2D eigenvalue weighted by molar-refractivity contribution is -0.231. The molecule has 3 rings (SSSR count). The third-order valence-corrected chi connectivity index (χ3v) is 5.20. The average Bonchev–Trinajstić information content (AvgIpc) is 2.79. The van der Waals surface area contributed by atoms with Gasteiger partial charge in [-0.05, 0) is 35.2 Å². The first-order chi connectivity index (χ1) is 15.0. The molecule has 0 bridgehead atoms. The Balaban J connectivity index is 1.63. The number of hydrogen-bond donors (Lipinski definition) is 4. The molecule has 5 unspecified atom stereocenters. The van der Waals surface area contributed by atoms with Crippen LogP contribution in [-0.2, 0) is 16.0 Å². The Kier molecular flexibility index (Phi) is 8.39. The molecule has 4 N–H and O–H groups in total. The van der Waals surface area contributed by atoms with Gasteiger partial charge in [0.2, 0.25) is 0 Å². The van der Waals surface area contributed by atoms with Crippen molar-refractivity contribution in [1.82, 2.24) is 0 Å². The number of aliphatic hydroxyl groups is 4. The van der Waals surface area contributed by atoms with Crippen molar-refractivity contribution in [2.24, 2.45) is 5.16 Å². The van der Waals surface area contributed by atoms with E-state index in [0.717, 1.165) is 16.9 Å². The van der Waals surface area contributed by atoms with Gasteiger partial charge in [0, 0.05) is 12.6 Å². The SMILES string of the molecule is CON=CCCOc1ccc(Cc2cccc(C3OC(CO)C(O)C(O)C3O)c2)cc1. The van der Waals surface area contributed by atoms with Crippen LogP contribution in [0.2, 0.25) is 0 Å². The van der Waals surface area contributed by atoms with Crippen molar-refractivity contribution in [2.75, 3.05) is 20.3 Å². The van der Waals surface area contributed by atoms with Crippen LogP contribution in [0.1, 0.15) is 29.2 Å². The van der Waals surface area contributed by atoms with Crippen molar-refractivity contribution >= 4 is 6.21 Å². The van der Waals surface area contributed by atoms with E-state index in [1.54, 1.807) is 12.3 Å². The van der Waals surface area contributed by atoms with Gasteiger partial charge in [0.05, 0.1) is 13.2 Å². The summed E-state index contributed by atoms with van der Waals surface area (Å²) in [6, 6.07) is 15.3. The molecule has 168 valence electrons. The molecule has 2 aromatic carbocycles. The highest BCUT2D eigenvalue weighted by Crippen LogP contribution is 2.33. The fourth-order valence-electron chi connectivity index (χ4n) is 3.55. The van der Waals surface area contributed by atoms with Crippen LogP contribution in [0.3, 0.4) is 0 Å². The highest BCUT2D eigenvalue weighted by atomic mass is 16.6. The Bertz CT molecular complexity index is 840. The maximum absolute atomic E-state index is 10.4. The first-order valence-electron chi connectivity index (χ1n) is 10.2. The second-order valence-electron chi connectivity index (χ2n) is 7.42. The quantitative estimate of drug-likeness (QED) is 0.267. The van der Waals surface area contributed by atoms with Crippen LogP contribution in [0.4, 0.5) is 0 Å². The molecule has 0 saturated carbocycles. The smallest absolute Gasteiger partial charge is 0.119 e. The molecule has 0 spiro atoms. The van der Waals surface area contributed by atoms with E-state index < -0.39 is 37.1 Å². The number of nitrogens with zero attached hydrogens (tertiary/aromatic N) is 1. The number of aliphatic hydroxyl groups excluding tert-OH is 4. The van der Waals surface area contributed by atoms with Gasteiger partial charge in [-0.2, -0.15) is 0 Å². The summed E-state index contributed by atoms with van der Waals surface area (Å²) in [4.78, 5) is 4.60. The Hall–Kier alpha value is -2.49. The molecule has 1 aliphatic heterocycles. The largest absolute Gasteiger partial charge is 0.493 e. The second-order valence-corrected chi connectivity index (χ2v) is 7.42. The van der Waals surface area contributed by atoms with Gasteiger partial charge < -0.3 is 34.7 Å². The number of ether oxygens (including phenoxy) is 2. The standard InChI is InChI=1S/C23H29NO7/c1-29-24-10-3-11-30-18-8-6-15(7-9-18)12-16-4-2-5-17(13-16)23-22(28)21(27)20(26)19(14-25)31-23/h2,4-10,13,19-23,25-28H,3,11-12,14H2,1H3. The van der Waals surface area contributed by atoms with Crippen molar-refractivity contribution in [1.29, 1.82) is 0 Å². The summed E-state index contributed by atoms with van der Waals surface area (Å²) in [7, 11) is 1.50. The van der Waals surface area contributed by atoms with Gasteiger partial charge >= 0.3 is 0 Å². The molecule has 0 amide bonds. The lowest BCUT2D eigenvalue weighted by Crippen LogP contribution is -2.55. The third-order valence-electron chi connectivity index (χ3n) is 5.20. The van der Waals surface area contributed by atoms with E-state index in [1.807, 2.05) is 42.5 Å². The summed E-state index contributed by atoms with van der Waals surface area (Å²) in [5, 5.41) is 43.4. The van der Waals surface area contributed by atoms with Crippen molar-refractivity contribution in [3.05, 3.63) is 65.2 Å². The minimum atomic E-state index is -1.40. The molecule has 1 aliphatic rings. The zero-order valence-corrected chi connectivity index (χ0v) is 17.4. The average molecular weight is 431 g/mol. The monoisotopic (exact) mass is 431 g/mol. The lowest BCUT2D eigenvalue weighted by Gasteiger charge is -2.40. The zero-order chi connectivity index (χ0) is 22.2. The summed E-state index contributed by atoms with van der Waals surface area (Å²) < 4.78 is 11.3. The molecule has 5 atom stereocenters. The van der Waals surface area contributed by atoms with Gasteiger partial charge in [-0.25, -0.2) is 0 Å². The van der Waals surface area contributed by atoms with Gasteiger partial charge in [-0.15, -0.1) is 0 Å². The van der Waals surface area contributed by atoms with E-state index in [0.29, 0.717) is 25.0 Å². The summed E-state index contributed by atoms with van der Waals surface area (Å²) >= 11 is 0. The van der Waals surface area contributed by atoms with Crippen LogP contribution in [0.25, 0.3) is 0 Å². The second kappa shape index (κ2) is 11.2. The summed E-state index contributed by atoms with van der Waals surface area (Å²) in [6.07, 6.45) is -2.87. The van der Waals surface area contributed by atoms with Gasteiger partial charge in [0.15, 0.2) is 0 Å². The number of hydrogen-bond acceptors (Lipinski definition) is 8. The molecule has 31 heavy (non-hydrogen) atoms. The molecule has 0 aromatic heterocycles. The molecule has 8 nitrogen and oxygen atoms in total. The fraction of sp³-hybridized carbons (Fsp3) is 0.435. The number of benzene rings is 2. The van der Waals surface area contributed by atoms with Crippen LogP contribution in [0.15, 0.2) is 53.7 Å². The van der Waals surface area contributed by atoms with E-state index >= 15 is 0 Å². The van der Waals surface area contributed by atoms with Crippen molar-refractivity contribution < 1.29 is 34.7 Å². The summed E-state index contributed by atoms with van der Waals surface area (Å²) in [6.45, 7) is 0.0576. The van der Waals surface area contributed by atoms with Crippen LogP contribution >= 0.6 is 0 Å². The maximum Gasteiger partial charge on any atom is 0.119 e. The third kappa shape index (κ3) is 6.03. The Morgan fingerprint density at radius 2 is 1.77 bits per heavy atom. The molecular formula is C23H29NO7. The summed E-state index contributed by atoms with van der Waals surface area (Å²) in [5.74, 6) is 0.768. The van der Waals surface area contributed by atoms with Gasteiger partial charge in [0.25, 0.3) is 0 Å². The normalized spacial score (nSPS) is 26.2. The molecular weight excluding hydrogens is 402 g/mol. The van der Waals surface area contributed by atoms with E-state index in [1.165, 1.54) is 7.11 Å². The van der Waals surface area contributed by atoms with Gasteiger partial charge in [-0.1, -0.05) is 41.6 Å². The highest BCUT2D eigenvalue weighted by Gasteiger charge is 2.43. The van der Waals surface area contributed by atoms with Crippen molar-refractivity contribution in [3.63, 3.8) is 0 Å². The van der Waals surface area contributed by atoms with E-state index in [-0.39, 0.29) is 0 Å². The maximum atomic E-state index is 10.4. The van der Waals surface area contributed by atoms with Crippen molar-refractivity contribution in [2.45, 2.75) is 43.4 Å². The molecule has 2 aromatic rings. The van der Waals surface area contributed by atoms with Crippen LogP contribution in [0, 0.1) is 0 Å². The number of rotatable bonds is 9. The van der Waals surface area contributed by atoms with Crippen LogP contribution < -0.4 is 4.74 Å². The predicted molar refractivity (Wildman–Crippen MR) is 114 cm³/mol. The summed E-state index contributed by atoms with van der Waals surface area (Å²) in [5.41, 5.74) is 2.75. The Morgan fingerprint density at radius 1 is 1.00 bits per heavy atom. The topological polar surface area (TPSA) is 121 Å². The molecule has 0 aliphatic carbocycles. The molecule has 8 heteroatoms. The molecule has 1 heterocycles. The van der Waals surface area contributed by atoms with E-state index in [9.17, 15) is 20.4 Å². The van der Waals surface area contributed by atoms with Gasteiger partial charge in [0.1, 0.15) is 43.4 Å². The first-order valence-corrected chi connectivity index (χ1v) is 10.2. The minimum Gasteiger partial charge on any atom is -0.493 e. The lowest BCUT2D eigenvalue weighted by atomic mass is 9.90. The highest BCUT2D eigenvalue weighted by molar-refractivity contribution is 5.56. The number of oxime groups is 1. The van der Waals surface area contributed by atoms with Crippen molar-refractivity contribution in [3.8, 4) is 5.75 Å². The molecule has 1 fully saturated rings. The fourth-order valence-corrected chi connectivity index (χ4v) is 3.55. The first kappa shape index (κ1) is 23.2. The minimum absolute atomic E-state index is 0.450. The Labute approximate surface area is 181 Å². The Morgan fingerprint density at radius 3 is 2.48 bits per heavy atom. The molecule has 0 radical (unpaired) electrons. The zero-order valence-electron chi connectivity index (χ0n) is 17.4. The van der Waals surface area contributed by atoms with Crippen LogP contribution in [-0.4, -0.2) is 71.4 Å².